The standard InChI is InChI=1S/C41H44Cl2N4O7S/c1-28-33(8-5-11-37(28)52-16-6-12-46-14-17-55(50,51)18-15-46)34-9-4-7-31(40(34)43)27-54-39-21-38(53-26-30-19-29(22-44)23-45-24-30)32(20-35(39)42)25-47-13-3-2-10-36(47)41(48)49/h4-5,7-9,11,19-21,23-24,36H,2-3,6,10,12-18,25-27H2,1H3,(H,48,49)/t36-/m0/s1. The molecule has 1 N–H and O–H groups in total. The molecule has 4 aromatic rings. The lowest BCUT2D eigenvalue weighted by Gasteiger charge is -2.33. The maximum atomic E-state index is 12.1. The predicted molar refractivity (Wildman–Crippen MR) is 212 cm³/mol. The van der Waals surface area contributed by atoms with Gasteiger partial charge in [-0.05, 0) is 62.1 Å². The van der Waals surface area contributed by atoms with Gasteiger partial charge in [-0.2, -0.15) is 5.26 Å². The van der Waals surface area contributed by atoms with Crippen molar-refractivity contribution in [3.63, 3.8) is 0 Å². The highest BCUT2D eigenvalue weighted by molar-refractivity contribution is 7.91. The number of halogens is 2. The Balaban J connectivity index is 1.16. The Morgan fingerprint density at radius 3 is 2.47 bits per heavy atom. The normalized spacial score (nSPS) is 17.3. The lowest BCUT2D eigenvalue weighted by molar-refractivity contribution is -0.144. The van der Waals surface area contributed by atoms with Crippen molar-refractivity contribution in [1.82, 2.24) is 14.8 Å². The summed E-state index contributed by atoms with van der Waals surface area (Å²) >= 11 is 13.9. The highest BCUT2D eigenvalue weighted by Crippen LogP contribution is 2.39. The molecule has 6 rings (SSSR count). The number of pyridine rings is 1. The van der Waals surface area contributed by atoms with Crippen molar-refractivity contribution in [3.05, 3.63) is 105 Å². The summed E-state index contributed by atoms with van der Waals surface area (Å²) in [5.41, 5.74) is 5.28. The van der Waals surface area contributed by atoms with Gasteiger partial charge >= 0.3 is 5.97 Å². The minimum atomic E-state index is -2.91. The van der Waals surface area contributed by atoms with Crippen molar-refractivity contribution in [2.75, 3.05) is 44.3 Å². The van der Waals surface area contributed by atoms with Gasteiger partial charge in [-0.3, -0.25) is 14.7 Å². The number of hydrogen-bond acceptors (Lipinski definition) is 10. The number of piperidine rings is 1. The van der Waals surface area contributed by atoms with Crippen LogP contribution in [0.5, 0.6) is 17.2 Å². The second-order valence-electron chi connectivity index (χ2n) is 13.9. The van der Waals surface area contributed by atoms with Crippen molar-refractivity contribution in [3.8, 4) is 34.4 Å². The molecule has 2 fully saturated rings. The minimum Gasteiger partial charge on any atom is -0.493 e. The molecule has 55 heavy (non-hydrogen) atoms. The number of aromatic nitrogens is 1. The van der Waals surface area contributed by atoms with Gasteiger partial charge in [0.25, 0.3) is 0 Å². The van der Waals surface area contributed by atoms with Gasteiger partial charge < -0.3 is 24.2 Å². The number of carboxylic acids is 1. The largest absolute Gasteiger partial charge is 0.493 e. The molecule has 11 nitrogen and oxygen atoms in total. The quantitative estimate of drug-likeness (QED) is 0.121. The number of hydrogen-bond donors (Lipinski definition) is 1. The van der Waals surface area contributed by atoms with Crippen LogP contribution in [-0.4, -0.2) is 84.6 Å². The van der Waals surface area contributed by atoms with Crippen molar-refractivity contribution in [2.45, 2.75) is 58.4 Å². The first-order chi connectivity index (χ1) is 26.5. The summed E-state index contributed by atoms with van der Waals surface area (Å²) in [5.74, 6) is 1.17. The molecular formula is C41H44Cl2N4O7S. The number of nitrogens with zero attached hydrogens (tertiary/aromatic N) is 4. The van der Waals surface area contributed by atoms with E-state index in [1.54, 1.807) is 24.4 Å². The number of sulfone groups is 1. The van der Waals surface area contributed by atoms with Crippen LogP contribution < -0.4 is 14.2 Å². The highest BCUT2D eigenvalue weighted by atomic mass is 35.5. The lowest BCUT2D eigenvalue weighted by Crippen LogP contribution is -2.44. The molecule has 14 heteroatoms. The van der Waals surface area contributed by atoms with E-state index in [1.165, 1.54) is 6.20 Å². The van der Waals surface area contributed by atoms with Crippen LogP contribution >= 0.6 is 23.2 Å². The van der Waals surface area contributed by atoms with Gasteiger partial charge in [-0.1, -0.05) is 60.0 Å². The van der Waals surface area contributed by atoms with Gasteiger partial charge in [-0.15, -0.1) is 0 Å². The molecule has 0 unspecified atom stereocenters. The van der Waals surface area contributed by atoms with Gasteiger partial charge in [0, 0.05) is 66.9 Å². The van der Waals surface area contributed by atoms with E-state index < -0.39 is 21.8 Å². The fourth-order valence-corrected chi connectivity index (χ4v) is 8.77. The smallest absolute Gasteiger partial charge is 0.320 e. The summed E-state index contributed by atoms with van der Waals surface area (Å²) in [5, 5.41) is 20.1. The lowest BCUT2D eigenvalue weighted by atomic mass is 9.98. The van der Waals surface area contributed by atoms with Crippen LogP contribution in [0.15, 0.2) is 67.0 Å². The molecule has 0 amide bonds. The molecule has 1 atom stereocenters. The van der Waals surface area contributed by atoms with Crippen LogP contribution in [0.3, 0.4) is 0 Å². The molecule has 3 heterocycles. The number of likely N-dealkylation sites (tertiary alicyclic amines) is 1. The molecule has 0 saturated carbocycles. The number of carbonyl (C=O) groups is 1. The first kappa shape index (κ1) is 40.3. The fraction of sp³-hybridized carbons (Fsp3) is 0.390. The maximum absolute atomic E-state index is 12.1. The maximum Gasteiger partial charge on any atom is 0.320 e. The van der Waals surface area contributed by atoms with Crippen molar-refractivity contribution in [1.29, 1.82) is 5.26 Å². The Labute approximate surface area is 332 Å². The summed E-state index contributed by atoms with van der Waals surface area (Å²) in [6.45, 7) is 5.60. The zero-order valence-corrected chi connectivity index (χ0v) is 33.0. The zero-order chi connectivity index (χ0) is 39.0. The van der Waals surface area contributed by atoms with E-state index in [0.29, 0.717) is 71.9 Å². The topological polar surface area (TPSA) is 142 Å². The molecule has 1 aromatic heterocycles. The average Bonchev–Trinajstić information content (AvgIpc) is 3.17. The van der Waals surface area contributed by atoms with Gasteiger partial charge in [0.05, 0.1) is 33.7 Å². The minimum absolute atomic E-state index is 0.111. The molecule has 2 aliphatic heterocycles. The van der Waals surface area contributed by atoms with Crippen molar-refractivity contribution < 1.29 is 32.5 Å². The average molecular weight is 808 g/mol. The Morgan fingerprint density at radius 1 is 0.927 bits per heavy atom. The Kier molecular flexibility index (Phi) is 13.6. The number of carboxylic acid groups (broad SMARTS) is 1. The van der Waals surface area contributed by atoms with Crippen molar-refractivity contribution >= 4 is 39.0 Å². The van der Waals surface area contributed by atoms with E-state index in [0.717, 1.165) is 59.4 Å². The number of benzene rings is 3. The van der Waals surface area contributed by atoms with Gasteiger partial charge in [0.1, 0.15) is 42.6 Å². The number of ether oxygens (including phenoxy) is 3. The van der Waals surface area contributed by atoms with Crippen LogP contribution in [0, 0.1) is 18.3 Å². The summed E-state index contributed by atoms with van der Waals surface area (Å²) in [7, 11) is -2.91. The van der Waals surface area contributed by atoms with Crippen LogP contribution in [0.1, 0.15) is 53.5 Å². The fourth-order valence-electron chi connectivity index (χ4n) is 6.97. The zero-order valence-electron chi connectivity index (χ0n) is 30.7. The van der Waals surface area contributed by atoms with Gasteiger partial charge in [0.2, 0.25) is 0 Å². The van der Waals surface area contributed by atoms with E-state index in [9.17, 15) is 23.6 Å². The summed E-state index contributed by atoms with van der Waals surface area (Å²) in [6, 6.07) is 18.3. The third kappa shape index (κ3) is 10.5. The van der Waals surface area contributed by atoms with Gasteiger partial charge in [0.15, 0.2) is 9.84 Å². The molecule has 0 bridgehead atoms. The summed E-state index contributed by atoms with van der Waals surface area (Å²) in [6.07, 6.45) is 6.21. The number of rotatable bonds is 15. The van der Waals surface area contributed by atoms with E-state index >= 15 is 0 Å². The first-order valence-electron chi connectivity index (χ1n) is 18.3. The monoisotopic (exact) mass is 806 g/mol. The molecule has 2 saturated heterocycles. The molecule has 0 spiro atoms. The molecular weight excluding hydrogens is 763 g/mol. The highest BCUT2D eigenvalue weighted by Gasteiger charge is 2.29. The molecule has 290 valence electrons. The van der Waals surface area contributed by atoms with E-state index in [2.05, 4.69) is 16.0 Å². The predicted octanol–water partition coefficient (Wildman–Crippen LogP) is 7.33. The third-order valence-electron chi connectivity index (χ3n) is 10.1. The SMILES string of the molecule is Cc1c(OCCCN2CCS(=O)(=O)CC2)cccc1-c1cccc(COc2cc(OCc3cncc(C#N)c3)c(CN3CCCC[C@H]3C(=O)O)cc2Cl)c1Cl. The van der Waals surface area contributed by atoms with E-state index in [-0.39, 0.29) is 24.7 Å². The van der Waals surface area contributed by atoms with Gasteiger partial charge in [-0.25, -0.2) is 8.42 Å². The Hall–Kier alpha value is -4.38. The van der Waals surface area contributed by atoms with Crippen molar-refractivity contribution in [2.24, 2.45) is 0 Å². The molecule has 0 radical (unpaired) electrons. The summed E-state index contributed by atoms with van der Waals surface area (Å²) in [4.78, 5) is 20.3. The van der Waals surface area contributed by atoms with Crippen LogP contribution in [0.25, 0.3) is 11.1 Å². The first-order valence-corrected chi connectivity index (χ1v) is 20.9. The second kappa shape index (κ2) is 18.5. The van der Waals surface area contributed by atoms with Crippen LogP contribution in [0.2, 0.25) is 10.0 Å². The number of aliphatic carboxylic acids is 1. The van der Waals surface area contributed by atoms with Crippen LogP contribution in [0.4, 0.5) is 0 Å². The third-order valence-corrected chi connectivity index (χ3v) is 12.4. The van der Waals surface area contributed by atoms with E-state index in [4.69, 9.17) is 37.4 Å². The van der Waals surface area contributed by atoms with Crippen LogP contribution in [-0.2, 0) is 34.4 Å². The molecule has 0 aliphatic carbocycles. The van der Waals surface area contributed by atoms with E-state index in [1.807, 2.05) is 48.2 Å². The second-order valence-corrected chi connectivity index (χ2v) is 17.0. The Morgan fingerprint density at radius 2 is 1.69 bits per heavy atom. The molecule has 2 aliphatic rings. The Bertz CT molecular complexity index is 2150. The summed E-state index contributed by atoms with van der Waals surface area (Å²) < 4.78 is 42.2. The number of nitriles is 1. The molecule has 3 aromatic carbocycles.